The molecule has 28 heavy (non-hydrogen) atoms. The maximum absolute atomic E-state index is 14.3. The number of nitrogens with zero attached hydrogens (tertiary/aromatic N) is 2. The number of alkyl halides is 2. The van der Waals surface area contributed by atoms with Crippen molar-refractivity contribution in [1.82, 2.24) is 10.2 Å². The molecule has 0 radical (unpaired) electrons. The quantitative estimate of drug-likeness (QED) is 0.277. The van der Waals surface area contributed by atoms with Crippen molar-refractivity contribution in [3.8, 4) is 6.07 Å². The van der Waals surface area contributed by atoms with Crippen LogP contribution in [0.3, 0.4) is 0 Å². The van der Waals surface area contributed by atoms with Gasteiger partial charge >= 0.3 is 0 Å². The highest BCUT2D eigenvalue weighted by Gasteiger charge is 2.40. The molecule has 3 rings (SSSR count). The average Bonchev–Trinajstić information content (AvgIpc) is 2.88. The lowest BCUT2D eigenvalue weighted by molar-refractivity contribution is -0.132. The SMILES string of the molecule is COC1CC(/C=C(\C#N)C(=O)N2CCC3CCCC(I)CC3C2C)C(F)CN1. The summed E-state index contributed by atoms with van der Waals surface area (Å²) in [6.07, 6.45) is 6.52. The van der Waals surface area contributed by atoms with Gasteiger partial charge in [-0.25, -0.2) is 4.39 Å². The van der Waals surface area contributed by atoms with E-state index in [9.17, 15) is 14.4 Å². The zero-order valence-corrected chi connectivity index (χ0v) is 18.9. The monoisotopic (exact) mass is 503 g/mol. The largest absolute Gasteiger partial charge is 0.367 e. The molecule has 1 aliphatic carbocycles. The first-order chi connectivity index (χ1) is 13.4. The second-order valence-electron chi connectivity index (χ2n) is 8.46. The Balaban J connectivity index is 1.74. The van der Waals surface area contributed by atoms with Crippen LogP contribution in [0.1, 0.15) is 45.4 Å². The van der Waals surface area contributed by atoms with Gasteiger partial charge in [0.15, 0.2) is 0 Å². The lowest BCUT2D eigenvalue weighted by Gasteiger charge is -2.44. The zero-order chi connectivity index (χ0) is 20.3. The minimum absolute atomic E-state index is 0.0781. The molecule has 2 saturated heterocycles. The fraction of sp³-hybridized carbons (Fsp3) is 0.810. The molecule has 7 heteroatoms. The predicted molar refractivity (Wildman–Crippen MR) is 115 cm³/mol. The number of allylic oxidation sites excluding steroid dienone is 1. The number of rotatable bonds is 3. The summed E-state index contributed by atoms with van der Waals surface area (Å²) in [7, 11) is 1.58. The number of amides is 1. The molecule has 7 atom stereocenters. The average molecular weight is 503 g/mol. The van der Waals surface area contributed by atoms with Gasteiger partial charge in [0.05, 0.1) is 0 Å². The summed E-state index contributed by atoms with van der Waals surface area (Å²) in [5.74, 6) is 0.458. The number of fused-ring (bicyclic) bond motifs is 1. The summed E-state index contributed by atoms with van der Waals surface area (Å²) >= 11 is 2.54. The third-order valence-electron chi connectivity index (χ3n) is 6.85. The molecule has 0 aromatic carbocycles. The van der Waals surface area contributed by atoms with Gasteiger partial charge in [-0.05, 0) is 44.4 Å². The van der Waals surface area contributed by atoms with Gasteiger partial charge in [-0.1, -0.05) is 41.5 Å². The van der Waals surface area contributed by atoms with Gasteiger partial charge in [0.1, 0.15) is 24.0 Å². The first-order valence-corrected chi connectivity index (χ1v) is 11.7. The second kappa shape index (κ2) is 9.86. The van der Waals surface area contributed by atoms with E-state index in [4.69, 9.17) is 4.74 Å². The molecule has 1 saturated carbocycles. The number of carbonyl (C=O) groups is 1. The highest BCUT2D eigenvalue weighted by molar-refractivity contribution is 14.1. The number of ether oxygens (including phenoxy) is 1. The molecule has 0 aromatic heterocycles. The molecular formula is C21H31FIN3O2. The first-order valence-electron chi connectivity index (χ1n) is 10.4. The Labute approximate surface area is 181 Å². The number of nitrogens with one attached hydrogen (secondary N) is 1. The minimum Gasteiger partial charge on any atom is -0.367 e. The molecule has 7 unspecified atom stereocenters. The van der Waals surface area contributed by atoms with Gasteiger partial charge in [-0.3, -0.25) is 10.1 Å². The van der Waals surface area contributed by atoms with E-state index >= 15 is 0 Å². The summed E-state index contributed by atoms with van der Waals surface area (Å²) in [4.78, 5) is 15.0. The highest BCUT2D eigenvalue weighted by Crippen LogP contribution is 2.41. The molecule has 1 N–H and O–H groups in total. The van der Waals surface area contributed by atoms with Crippen molar-refractivity contribution in [2.75, 3.05) is 20.2 Å². The number of hydrogen-bond acceptors (Lipinski definition) is 4. The number of carbonyl (C=O) groups excluding carboxylic acids is 1. The Hall–Kier alpha value is -0.720. The fourth-order valence-electron chi connectivity index (χ4n) is 5.15. The van der Waals surface area contributed by atoms with Crippen molar-refractivity contribution >= 4 is 28.5 Å². The van der Waals surface area contributed by atoms with Crippen LogP contribution in [-0.2, 0) is 9.53 Å². The summed E-state index contributed by atoms with van der Waals surface area (Å²) in [6, 6.07) is 2.18. The molecule has 3 aliphatic rings. The van der Waals surface area contributed by atoms with Crippen LogP contribution >= 0.6 is 22.6 Å². The van der Waals surface area contributed by atoms with Crippen molar-refractivity contribution in [2.24, 2.45) is 17.8 Å². The number of halogens is 2. The van der Waals surface area contributed by atoms with Crippen LogP contribution in [-0.4, -0.2) is 53.4 Å². The van der Waals surface area contributed by atoms with Crippen LogP contribution in [0.25, 0.3) is 0 Å². The Morgan fingerprint density at radius 2 is 2.14 bits per heavy atom. The normalized spacial score (nSPS) is 39.6. The Bertz CT molecular complexity index is 638. The van der Waals surface area contributed by atoms with Crippen LogP contribution in [0.15, 0.2) is 11.6 Å². The molecule has 0 aromatic rings. The topological polar surface area (TPSA) is 65.4 Å². The van der Waals surface area contributed by atoms with Gasteiger partial charge in [0.2, 0.25) is 0 Å². The van der Waals surface area contributed by atoms with Crippen LogP contribution in [0.2, 0.25) is 0 Å². The van der Waals surface area contributed by atoms with Crippen LogP contribution in [0.4, 0.5) is 4.39 Å². The lowest BCUT2D eigenvalue weighted by Crippen LogP contribution is -2.51. The van der Waals surface area contributed by atoms with E-state index in [-0.39, 0.29) is 30.3 Å². The van der Waals surface area contributed by atoms with Crippen LogP contribution in [0.5, 0.6) is 0 Å². The maximum Gasteiger partial charge on any atom is 0.264 e. The van der Waals surface area contributed by atoms with Crippen LogP contribution < -0.4 is 5.32 Å². The maximum atomic E-state index is 14.3. The van der Waals surface area contributed by atoms with E-state index < -0.39 is 12.1 Å². The number of likely N-dealkylation sites (tertiary alicyclic amines) is 1. The lowest BCUT2D eigenvalue weighted by atomic mass is 9.77. The van der Waals surface area contributed by atoms with E-state index in [1.807, 2.05) is 4.90 Å². The van der Waals surface area contributed by atoms with E-state index in [1.165, 1.54) is 19.3 Å². The predicted octanol–water partition coefficient (Wildman–Crippen LogP) is 3.59. The summed E-state index contributed by atoms with van der Waals surface area (Å²) in [6.45, 7) is 2.99. The molecule has 0 bridgehead atoms. The van der Waals surface area contributed by atoms with Crippen molar-refractivity contribution < 1.29 is 13.9 Å². The molecular weight excluding hydrogens is 472 g/mol. The smallest absolute Gasteiger partial charge is 0.264 e. The molecule has 5 nitrogen and oxygen atoms in total. The van der Waals surface area contributed by atoms with E-state index in [2.05, 4.69) is 40.9 Å². The number of methoxy groups -OCH3 is 1. The van der Waals surface area contributed by atoms with Gasteiger partial charge in [-0.15, -0.1) is 0 Å². The molecule has 2 aliphatic heterocycles. The molecule has 0 spiro atoms. The van der Waals surface area contributed by atoms with Crippen LogP contribution in [0, 0.1) is 29.1 Å². The summed E-state index contributed by atoms with van der Waals surface area (Å²) in [5.41, 5.74) is 0.0781. The second-order valence-corrected chi connectivity index (χ2v) is 10.2. The zero-order valence-electron chi connectivity index (χ0n) is 16.7. The van der Waals surface area contributed by atoms with Crippen molar-refractivity contribution in [3.05, 3.63) is 11.6 Å². The van der Waals surface area contributed by atoms with Gasteiger partial charge in [0, 0.05) is 36.1 Å². The highest BCUT2D eigenvalue weighted by atomic mass is 127. The van der Waals surface area contributed by atoms with E-state index in [0.717, 1.165) is 12.8 Å². The number of nitriles is 1. The fourth-order valence-corrected chi connectivity index (χ4v) is 6.17. The third-order valence-corrected chi connectivity index (χ3v) is 7.98. The summed E-state index contributed by atoms with van der Waals surface area (Å²) < 4.78 is 20.3. The molecule has 2 heterocycles. The molecule has 156 valence electrons. The summed E-state index contributed by atoms with van der Waals surface area (Å²) in [5, 5.41) is 12.6. The number of hydrogen-bond donors (Lipinski definition) is 1. The van der Waals surface area contributed by atoms with E-state index in [0.29, 0.717) is 28.7 Å². The van der Waals surface area contributed by atoms with Gasteiger partial charge in [0.25, 0.3) is 5.91 Å². The standard InChI is InChI=1S/C21H31FIN3O2/c1-13-18-10-17(23)5-3-4-14(18)6-7-26(13)21(27)16(11-24)8-15-9-20(28-2)25-12-19(15)22/h8,13-15,17-20,25H,3-7,9-10,12H2,1-2H3/b16-8+. The Morgan fingerprint density at radius 1 is 1.36 bits per heavy atom. The Kier molecular flexibility index (Phi) is 7.74. The Morgan fingerprint density at radius 3 is 2.86 bits per heavy atom. The minimum atomic E-state index is -1.12. The molecule has 1 amide bonds. The number of piperidine rings is 2. The third kappa shape index (κ3) is 4.88. The van der Waals surface area contributed by atoms with Crippen molar-refractivity contribution in [2.45, 2.75) is 67.8 Å². The van der Waals surface area contributed by atoms with Crippen molar-refractivity contribution in [1.29, 1.82) is 5.26 Å². The molecule has 3 fully saturated rings. The van der Waals surface area contributed by atoms with Gasteiger partial charge in [-0.2, -0.15) is 5.26 Å². The van der Waals surface area contributed by atoms with Crippen molar-refractivity contribution in [3.63, 3.8) is 0 Å². The first kappa shape index (κ1) is 22.0. The van der Waals surface area contributed by atoms with Gasteiger partial charge < -0.3 is 9.64 Å². The van der Waals surface area contributed by atoms with E-state index in [1.54, 1.807) is 13.2 Å².